The second kappa shape index (κ2) is 15.3. The van der Waals surface area contributed by atoms with E-state index in [0.29, 0.717) is 11.4 Å². The van der Waals surface area contributed by atoms with Crippen LogP contribution in [0.25, 0.3) is 16.7 Å². The number of carbonyl (C=O) groups is 2. The van der Waals surface area contributed by atoms with Crippen molar-refractivity contribution in [1.82, 2.24) is 23.9 Å². The summed E-state index contributed by atoms with van der Waals surface area (Å²) in [6.07, 6.45) is 1.80. The van der Waals surface area contributed by atoms with Crippen LogP contribution in [0, 0.1) is 11.6 Å². The summed E-state index contributed by atoms with van der Waals surface area (Å²) in [6, 6.07) is 16.6. The van der Waals surface area contributed by atoms with Gasteiger partial charge in [0.2, 0.25) is 0 Å². The van der Waals surface area contributed by atoms with E-state index in [4.69, 9.17) is 14.2 Å². The Balaban J connectivity index is 1.31. The minimum Gasteiger partial charge on any atom is -0.497 e. The number of nitrogens with zero attached hydrogens (tertiary/aromatic N) is 5. The molecule has 3 aromatic carbocycles. The smallest absolute Gasteiger partial charge is 0.413 e. The fraction of sp³-hybridized carbons (Fsp3) is 0.231. The first-order valence-corrected chi connectivity index (χ1v) is 17.0. The number of anilines is 2. The van der Waals surface area contributed by atoms with Gasteiger partial charge in [-0.3, -0.25) is 19.5 Å². The summed E-state index contributed by atoms with van der Waals surface area (Å²) in [6.45, 7) is 8.77. The first kappa shape index (κ1) is 37.9. The van der Waals surface area contributed by atoms with E-state index in [0.717, 1.165) is 34.5 Å². The molecule has 6 aromatic rings. The summed E-state index contributed by atoms with van der Waals surface area (Å²) in [4.78, 5) is 57.4. The third kappa shape index (κ3) is 8.38. The van der Waals surface area contributed by atoms with Crippen molar-refractivity contribution in [1.29, 1.82) is 0 Å². The Hall–Kier alpha value is -6.84. The third-order valence-corrected chi connectivity index (χ3v) is 8.11. The molecular weight excluding hydrogens is 716 g/mol. The van der Waals surface area contributed by atoms with Crippen LogP contribution in [0.5, 0.6) is 17.2 Å². The molecule has 0 atom stereocenters. The van der Waals surface area contributed by atoms with Crippen LogP contribution >= 0.6 is 0 Å². The Morgan fingerprint density at radius 1 is 0.909 bits per heavy atom. The Bertz CT molecular complexity index is 2520. The summed E-state index contributed by atoms with van der Waals surface area (Å²) in [5, 5.41) is 9.99. The van der Waals surface area contributed by atoms with E-state index in [1.807, 2.05) is 12.1 Å². The fourth-order valence-corrected chi connectivity index (χ4v) is 5.55. The van der Waals surface area contributed by atoms with Crippen molar-refractivity contribution < 1.29 is 32.6 Å². The van der Waals surface area contributed by atoms with Gasteiger partial charge in [0.15, 0.2) is 23.0 Å². The minimum absolute atomic E-state index is 0.0238. The minimum atomic E-state index is -0.948. The molecule has 0 aliphatic rings. The topological polar surface area (TPSA) is 161 Å². The van der Waals surface area contributed by atoms with Crippen LogP contribution in [0.15, 0.2) is 94.8 Å². The number of ether oxygens (including phenoxy) is 3. The van der Waals surface area contributed by atoms with Gasteiger partial charge >= 0.3 is 11.8 Å². The highest BCUT2D eigenvalue weighted by molar-refractivity contribution is 6.04. The number of amides is 2. The number of nitrogens with one attached hydrogen (secondary N) is 2. The molecule has 16 heteroatoms. The number of rotatable bonds is 10. The van der Waals surface area contributed by atoms with Crippen LogP contribution in [0.2, 0.25) is 0 Å². The Morgan fingerprint density at radius 3 is 2.25 bits per heavy atom. The molecule has 0 unspecified atom stereocenters. The summed E-state index contributed by atoms with van der Waals surface area (Å²) < 4.78 is 49.6. The van der Waals surface area contributed by atoms with Gasteiger partial charge in [0, 0.05) is 36.3 Å². The number of halogens is 2. The fourth-order valence-electron chi connectivity index (χ4n) is 5.55. The lowest BCUT2D eigenvalue weighted by molar-refractivity contribution is 0.0635. The number of benzene rings is 3. The van der Waals surface area contributed by atoms with Crippen molar-refractivity contribution in [2.75, 3.05) is 17.7 Å². The van der Waals surface area contributed by atoms with Crippen LogP contribution in [0.3, 0.4) is 0 Å². The zero-order valence-electron chi connectivity index (χ0n) is 30.7. The van der Waals surface area contributed by atoms with Crippen LogP contribution in [0.4, 0.5) is 25.1 Å². The molecule has 3 aromatic heterocycles. The van der Waals surface area contributed by atoms with Crippen LogP contribution < -0.4 is 31.4 Å². The molecule has 0 spiro atoms. The van der Waals surface area contributed by atoms with Gasteiger partial charge in [0.05, 0.1) is 19.3 Å². The zero-order valence-corrected chi connectivity index (χ0v) is 30.7. The zero-order chi connectivity index (χ0) is 39.6. The van der Waals surface area contributed by atoms with Crippen molar-refractivity contribution >= 4 is 34.5 Å². The first-order valence-electron chi connectivity index (χ1n) is 17.0. The van der Waals surface area contributed by atoms with Gasteiger partial charge < -0.3 is 19.5 Å². The predicted molar refractivity (Wildman–Crippen MR) is 201 cm³/mol. The standard InChI is InChI=1S/C39H37F2N7O7/c1-22(2)46-21-28(36(50)48(38(46)52)26-12-9-24(40)10-13-26)35(49)43-25-11-16-30(29(41)19-25)54-31-17-18-42-34-32(31)33(44-37(51)55-39(3,4)5)45-47(34)20-23-7-14-27(53-6)15-8-23/h7-19,21-22H,20H2,1-6H3,(H,43,49)(H,44,45,51). The molecule has 0 radical (unpaired) electrons. The lowest BCUT2D eigenvalue weighted by atomic mass is 10.2. The molecule has 284 valence electrons. The molecule has 0 aliphatic heterocycles. The average Bonchev–Trinajstić information content (AvgIpc) is 3.46. The molecule has 2 N–H and O–H groups in total. The normalized spacial score (nSPS) is 11.4. The maximum absolute atomic E-state index is 15.7. The quantitative estimate of drug-likeness (QED) is 0.149. The highest BCUT2D eigenvalue weighted by Crippen LogP contribution is 2.36. The van der Waals surface area contributed by atoms with E-state index in [1.165, 1.54) is 41.1 Å². The monoisotopic (exact) mass is 753 g/mol. The van der Waals surface area contributed by atoms with Gasteiger partial charge in [-0.25, -0.2) is 32.6 Å². The van der Waals surface area contributed by atoms with Gasteiger partial charge in [0.1, 0.15) is 33.9 Å². The first-order chi connectivity index (χ1) is 26.1. The van der Waals surface area contributed by atoms with Crippen molar-refractivity contribution in [2.24, 2.45) is 0 Å². The van der Waals surface area contributed by atoms with E-state index in [9.17, 15) is 23.6 Å². The maximum Gasteiger partial charge on any atom is 0.413 e. The van der Waals surface area contributed by atoms with E-state index in [2.05, 4.69) is 20.7 Å². The molecule has 55 heavy (non-hydrogen) atoms. The van der Waals surface area contributed by atoms with E-state index >= 15 is 4.39 Å². The number of fused-ring (bicyclic) bond motifs is 1. The maximum atomic E-state index is 15.7. The van der Waals surface area contributed by atoms with Gasteiger partial charge in [-0.2, -0.15) is 5.10 Å². The number of aromatic nitrogens is 5. The Morgan fingerprint density at radius 2 is 1.62 bits per heavy atom. The van der Waals surface area contributed by atoms with Crippen LogP contribution in [-0.4, -0.2) is 48.6 Å². The second-order valence-electron chi connectivity index (χ2n) is 13.6. The van der Waals surface area contributed by atoms with Crippen LogP contribution in [-0.2, 0) is 11.3 Å². The largest absolute Gasteiger partial charge is 0.497 e. The number of hydrogen-bond acceptors (Lipinski definition) is 9. The summed E-state index contributed by atoms with van der Waals surface area (Å²) >= 11 is 0. The van der Waals surface area contributed by atoms with Gasteiger partial charge in [0.25, 0.3) is 11.5 Å². The van der Waals surface area contributed by atoms with Crippen molar-refractivity contribution in [3.05, 3.63) is 129 Å². The molecule has 0 saturated heterocycles. The molecule has 6 rings (SSSR count). The molecular formula is C39H37F2N7O7. The Kier molecular flexibility index (Phi) is 10.5. The summed E-state index contributed by atoms with van der Waals surface area (Å²) in [7, 11) is 1.56. The molecule has 0 fully saturated rings. The highest BCUT2D eigenvalue weighted by atomic mass is 19.1. The van der Waals surface area contributed by atoms with E-state index in [1.54, 1.807) is 58.5 Å². The van der Waals surface area contributed by atoms with Crippen molar-refractivity contribution in [3.8, 4) is 22.9 Å². The lowest BCUT2D eigenvalue weighted by Gasteiger charge is -2.19. The average molecular weight is 754 g/mol. The molecule has 0 saturated carbocycles. The third-order valence-electron chi connectivity index (χ3n) is 8.11. The molecule has 2 amide bonds. The highest BCUT2D eigenvalue weighted by Gasteiger charge is 2.24. The molecule has 14 nitrogen and oxygen atoms in total. The van der Waals surface area contributed by atoms with Crippen LogP contribution in [0.1, 0.15) is 56.6 Å². The van der Waals surface area contributed by atoms with E-state index in [-0.39, 0.29) is 40.6 Å². The molecule has 0 bridgehead atoms. The predicted octanol–water partition coefficient (Wildman–Crippen LogP) is 7.05. The second-order valence-corrected chi connectivity index (χ2v) is 13.6. The van der Waals surface area contributed by atoms with Crippen molar-refractivity contribution in [3.63, 3.8) is 0 Å². The van der Waals surface area contributed by atoms with Gasteiger partial charge in [-0.1, -0.05) is 12.1 Å². The lowest BCUT2D eigenvalue weighted by Crippen LogP contribution is -2.42. The van der Waals surface area contributed by atoms with Crippen molar-refractivity contribution in [2.45, 2.75) is 52.8 Å². The number of pyridine rings is 1. The molecule has 3 heterocycles. The van der Waals surface area contributed by atoms with Gasteiger partial charge in [-0.05, 0) is 88.7 Å². The number of hydrogen-bond donors (Lipinski definition) is 2. The number of carbonyl (C=O) groups excluding carboxylic acids is 2. The summed E-state index contributed by atoms with van der Waals surface area (Å²) in [5.41, 5.74) is -1.68. The Labute approximate surface area is 312 Å². The van der Waals surface area contributed by atoms with Gasteiger partial charge in [-0.15, -0.1) is 0 Å². The summed E-state index contributed by atoms with van der Waals surface area (Å²) in [5.74, 6) is -1.79. The van der Waals surface area contributed by atoms with E-state index < -0.39 is 52.1 Å². The molecule has 0 aliphatic carbocycles. The SMILES string of the molecule is COc1ccc(Cn2nc(NC(=O)OC(C)(C)C)c3c(Oc4ccc(NC(=O)c5cn(C(C)C)c(=O)n(-c6ccc(F)cc6)c5=O)cc4F)ccnc32)cc1. The number of methoxy groups -OCH3 is 1.